The molecule has 0 radical (unpaired) electrons. The van der Waals surface area contributed by atoms with Gasteiger partial charge in [0.05, 0.1) is 0 Å². The van der Waals surface area contributed by atoms with Crippen molar-refractivity contribution in [2.24, 2.45) is 0 Å². The van der Waals surface area contributed by atoms with Crippen LogP contribution in [-0.2, 0) is 21.7 Å². The molecular weight excluding hydrogens is 427 g/mol. The van der Waals surface area contributed by atoms with E-state index in [2.05, 4.69) is 122 Å². The van der Waals surface area contributed by atoms with Gasteiger partial charge in [-0.15, -0.1) is 80.1 Å². The second-order valence-corrected chi connectivity index (χ2v) is 9.00. The molecular formula is C29H23PTi. The molecule has 0 amide bonds. The van der Waals surface area contributed by atoms with Crippen molar-refractivity contribution in [3.8, 4) is 0 Å². The fourth-order valence-electron chi connectivity index (χ4n) is 4.00. The summed E-state index contributed by atoms with van der Waals surface area (Å²) < 4.78 is 0. The van der Waals surface area contributed by atoms with Crippen molar-refractivity contribution >= 4 is 51.5 Å². The van der Waals surface area contributed by atoms with Gasteiger partial charge in [0.2, 0.25) is 0 Å². The molecule has 0 saturated heterocycles. The summed E-state index contributed by atoms with van der Waals surface area (Å²) in [7, 11) is 0.759. The first-order valence-corrected chi connectivity index (χ1v) is 11.3. The molecule has 0 aliphatic rings. The van der Waals surface area contributed by atoms with Gasteiger partial charge in [-0.3, -0.25) is 0 Å². The van der Waals surface area contributed by atoms with E-state index in [1.54, 1.807) is 0 Å². The molecule has 2 heteroatoms. The van der Waals surface area contributed by atoms with Gasteiger partial charge in [-0.2, -0.15) is 6.07 Å². The van der Waals surface area contributed by atoms with E-state index < -0.39 is 0 Å². The fraction of sp³-hybridized carbons (Fsp3) is 0.0345. The maximum atomic E-state index is 2.31. The minimum Gasteiger partial charge on any atom is -0.160 e. The molecule has 0 aliphatic heterocycles. The quantitative estimate of drug-likeness (QED) is 0.149. The normalized spacial score (nSPS) is 11.0. The molecule has 0 bridgehead atoms. The predicted molar refractivity (Wildman–Crippen MR) is 135 cm³/mol. The van der Waals surface area contributed by atoms with Gasteiger partial charge in [0.25, 0.3) is 0 Å². The molecule has 0 fully saturated rings. The summed E-state index contributed by atoms with van der Waals surface area (Å²) in [6.45, 7) is 2.19. The average Bonchev–Trinajstić information content (AvgIpc) is 3.36. The van der Waals surface area contributed by atoms with Crippen LogP contribution in [0.5, 0.6) is 0 Å². The van der Waals surface area contributed by atoms with E-state index in [1.807, 2.05) is 0 Å². The second-order valence-electron chi connectivity index (χ2n) is 7.63. The van der Waals surface area contributed by atoms with Crippen molar-refractivity contribution < 1.29 is 21.7 Å². The third-order valence-electron chi connectivity index (χ3n) is 5.56. The zero-order valence-electron chi connectivity index (χ0n) is 17.5. The van der Waals surface area contributed by atoms with Gasteiger partial charge in [-0.05, 0) is 17.8 Å². The number of aryl methyl sites for hydroxylation is 1. The van der Waals surface area contributed by atoms with Crippen LogP contribution in [0, 0.1) is 6.92 Å². The van der Waals surface area contributed by atoms with Crippen molar-refractivity contribution in [3.63, 3.8) is 0 Å². The first kappa shape index (κ1) is 21.7. The van der Waals surface area contributed by atoms with E-state index >= 15 is 0 Å². The summed E-state index contributed by atoms with van der Waals surface area (Å²) in [4.78, 5) is 0. The zero-order valence-corrected chi connectivity index (χ0v) is 20.0. The molecule has 0 heterocycles. The predicted octanol–water partition coefficient (Wildman–Crippen LogP) is 7.21. The van der Waals surface area contributed by atoms with E-state index in [0.717, 1.165) is 8.58 Å². The Morgan fingerprint density at radius 3 is 1.77 bits per heavy atom. The molecule has 31 heavy (non-hydrogen) atoms. The Kier molecular flexibility index (Phi) is 6.84. The SMILES string of the molecule is Cc1ccccc1Pc1cc2ccccc2[cH-]1.[Ti+2].c1ccc2c(c1)[cH-]c1ccccc12. The maximum absolute atomic E-state index is 2.31. The number of fused-ring (bicyclic) bond motifs is 4. The van der Waals surface area contributed by atoms with E-state index in [0.29, 0.717) is 0 Å². The number of hydrogen-bond donors (Lipinski definition) is 0. The number of rotatable bonds is 2. The van der Waals surface area contributed by atoms with Crippen LogP contribution < -0.4 is 10.6 Å². The molecule has 6 rings (SSSR count). The standard InChI is InChI=1S/C16H14P.C13H9.Ti/c1-12-6-2-5-9-16(12)17-15-10-13-7-3-4-8-14(13)11-15;1-3-7-12-10(5-1)9-11-6-2-4-8-13(11)12;/h2-11,17H,1H3;1-9H;/q2*-1;+2. The van der Waals surface area contributed by atoms with E-state index in [-0.39, 0.29) is 21.7 Å². The molecule has 6 aromatic carbocycles. The maximum Gasteiger partial charge on any atom is 2.00 e. The summed E-state index contributed by atoms with van der Waals surface area (Å²) in [6, 6.07) is 41.1. The minimum absolute atomic E-state index is 0. The Hall–Kier alpha value is -2.50. The van der Waals surface area contributed by atoms with Crippen molar-refractivity contribution in [1.82, 2.24) is 0 Å². The van der Waals surface area contributed by atoms with Crippen LogP contribution in [-0.4, -0.2) is 0 Å². The smallest absolute Gasteiger partial charge is 0.160 e. The average molecular weight is 450 g/mol. The minimum atomic E-state index is 0. The van der Waals surface area contributed by atoms with Crippen molar-refractivity contribution in [3.05, 3.63) is 121 Å². The van der Waals surface area contributed by atoms with Crippen LogP contribution in [0.1, 0.15) is 5.56 Å². The second kappa shape index (κ2) is 9.76. The van der Waals surface area contributed by atoms with E-state index in [4.69, 9.17) is 0 Å². The van der Waals surface area contributed by atoms with Crippen LogP contribution >= 0.6 is 8.58 Å². The van der Waals surface area contributed by atoms with Crippen LogP contribution in [0.3, 0.4) is 0 Å². The van der Waals surface area contributed by atoms with Crippen LogP contribution in [0.15, 0.2) is 115 Å². The Labute approximate surface area is 200 Å². The van der Waals surface area contributed by atoms with Crippen LogP contribution in [0.25, 0.3) is 32.3 Å². The van der Waals surface area contributed by atoms with Gasteiger partial charge in [0, 0.05) is 0 Å². The summed E-state index contributed by atoms with van der Waals surface area (Å²) in [6.07, 6.45) is 0. The van der Waals surface area contributed by atoms with Crippen molar-refractivity contribution in [2.45, 2.75) is 6.92 Å². The Bertz CT molecular complexity index is 1350. The largest absolute Gasteiger partial charge is 2.00 e. The third-order valence-corrected chi connectivity index (χ3v) is 6.97. The summed E-state index contributed by atoms with van der Waals surface area (Å²) in [5.41, 5.74) is 1.39. The molecule has 0 aliphatic carbocycles. The molecule has 148 valence electrons. The summed E-state index contributed by atoms with van der Waals surface area (Å²) >= 11 is 0. The topological polar surface area (TPSA) is 0 Å². The molecule has 0 nitrogen and oxygen atoms in total. The van der Waals surface area contributed by atoms with Gasteiger partial charge in [-0.25, -0.2) is 0 Å². The van der Waals surface area contributed by atoms with E-state index in [9.17, 15) is 0 Å². The van der Waals surface area contributed by atoms with Gasteiger partial charge in [0.15, 0.2) is 0 Å². The third kappa shape index (κ3) is 4.73. The first-order chi connectivity index (χ1) is 14.8. The number of benzene rings is 4. The van der Waals surface area contributed by atoms with Crippen LogP contribution in [0.2, 0.25) is 0 Å². The Balaban J connectivity index is 0.000000149. The molecule has 1 atom stereocenters. The first-order valence-electron chi connectivity index (χ1n) is 10.3. The van der Waals surface area contributed by atoms with Gasteiger partial charge < -0.3 is 0 Å². The van der Waals surface area contributed by atoms with Crippen molar-refractivity contribution in [1.29, 1.82) is 0 Å². The zero-order chi connectivity index (χ0) is 20.3. The fourth-order valence-corrected chi connectivity index (χ4v) is 5.22. The van der Waals surface area contributed by atoms with Crippen molar-refractivity contribution in [2.75, 3.05) is 0 Å². The van der Waals surface area contributed by atoms with Gasteiger partial charge in [0.1, 0.15) is 0 Å². The van der Waals surface area contributed by atoms with E-state index in [1.165, 1.54) is 48.5 Å². The Morgan fingerprint density at radius 2 is 1.13 bits per heavy atom. The molecule has 0 spiro atoms. The molecule has 6 aromatic rings. The number of hydrogen-bond acceptors (Lipinski definition) is 0. The molecule has 0 saturated carbocycles. The molecule has 1 unspecified atom stereocenters. The van der Waals surface area contributed by atoms with Crippen LogP contribution in [0.4, 0.5) is 0 Å². The Morgan fingerprint density at radius 1 is 0.581 bits per heavy atom. The monoisotopic (exact) mass is 450 g/mol. The van der Waals surface area contributed by atoms with Gasteiger partial charge in [-0.1, -0.05) is 75.3 Å². The van der Waals surface area contributed by atoms with Gasteiger partial charge >= 0.3 is 21.7 Å². The summed E-state index contributed by atoms with van der Waals surface area (Å²) in [5, 5.41) is 11.0. The summed E-state index contributed by atoms with van der Waals surface area (Å²) in [5.74, 6) is 0. The molecule has 0 N–H and O–H groups in total. The molecule has 0 aromatic heterocycles.